The minimum Gasteiger partial charge on any atom is -0.302 e. The topological polar surface area (TPSA) is 20.3 Å². The molecule has 0 aromatic heterocycles. The van der Waals surface area contributed by atoms with Gasteiger partial charge in [-0.05, 0) is 38.2 Å². The van der Waals surface area contributed by atoms with E-state index in [1.165, 1.54) is 0 Å². The van der Waals surface area contributed by atoms with Crippen molar-refractivity contribution in [3.63, 3.8) is 0 Å². The fourth-order valence-corrected chi connectivity index (χ4v) is 1.57. The summed E-state index contributed by atoms with van der Waals surface area (Å²) in [5.74, 6) is 0.224. The van der Waals surface area contributed by atoms with E-state index < -0.39 is 0 Å². The Kier molecular flexibility index (Phi) is 4.30. The van der Waals surface area contributed by atoms with Crippen molar-refractivity contribution >= 4 is 17.4 Å². The van der Waals surface area contributed by atoms with Crippen molar-refractivity contribution in [1.82, 2.24) is 4.90 Å². The molecule has 0 atom stereocenters. The summed E-state index contributed by atoms with van der Waals surface area (Å²) in [6.07, 6.45) is 0.482. The molecule has 3 heteroatoms. The molecule has 1 rings (SSSR count). The Hall–Kier alpha value is -0.860. The Balaban J connectivity index is 2.65. The first-order valence-corrected chi connectivity index (χ1v) is 5.28. The van der Waals surface area contributed by atoms with Crippen LogP contribution in [0.2, 0.25) is 5.02 Å². The molecular formula is C12H16ClNO. The molecule has 0 heterocycles. The van der Waals surface area contributed by atoms with E-state index in [9.17, 15) is 4.79 Å². The van der Waals surface area contributed by atoms with Crippen LogP contribution in [0.1, 0.15) is 11.1 Å². The van der Waals surface area contributed by atoms with Gasteiger partial charge in [0.2, 0.25) is 0 Å². The van der Waals surface area contributed by atoms with Crippen LogP contribution in [-0.2, 0) is 11.2 Å². The summed E-state index contributed by atoms with van der Waals surface area (Å²) < 4.78 is 0. The van der Waals surface area contributed by atoms with Crippen LogP contribution in [0.4, 0.5) is 0 Å². The monoisotopic (exact) mass is 225 g/mol. The number of ketones is 1. The van der Waals surface area contributed by atoms with Gasteiger partial charge in [0.1, 0.15) is 0 Å². The lowest BCUT2D eigenvalue weighted by molar-refractivity contribution is -0.119. The second-order valence-electron chi connectivity index (χ2n) is 4.04. The lowest BCUT2D eigenvalue weighted by Gasteiger charge is -2.08. The fourth-order valence-electron chi connectivity index (χ4n) is 1.45. The number of benzene rings is 1. The molecule has 15 heavy (non-hydrogen) atoms. The van der Waals surface area contributed by atoms with Gasteiger partial charge in [-0.2, -0.15) is 0 Å². The van der Waals surface area contributed by atoms with Crippen molar-refractivity contribution in [3.05, 3.63) is 34.3 Å². The van der Waals surface area contributed by atoms with Crippen LogP contribution in [0.5, 0.6) is 0 Å². The van der Waals surface area contributed by atoms with Crippen LogP contribution in [0.3, 0.4) is 0 Å². The summed E-state index contributed by atoms with van der Waals surface area (Å²) >= 11 is 5.91. The molecule has 0 aliphatic heterocycles. The molecule has 0 bridgehead atoms. The number of carbonyl (C=O) groups excluding carboxylic acids is 1. The third kappa shape index (κ3) is 4.02. The smallest absolute Gasteiger partial charge is 0.151 e. The van der Waals surface area contributed by atoms with Gasteiger partial charge in [-0.25, -0.2) is 0 Å². The summed E-state index contributed by atoms with van der Waals surface area (Å²) in [4.78, 5) is 13.4. The Bertz CT molecular complexity index is 361. The summed E-state index contributed by atoms with van der Waals surface area (Å²) in [5.41, 5.74) is 2.05. The highest BCUT2D eigenvalue weighted by molar-refractivity contribution is 6.31. The average Bonchev–Trinajstić information content (AvgIpc) is 2.10. The van der Waals surface area contributed by atoms with Crippen LogP contribution in [0, 0.1) is 6.92 Å². The zero-order valence-corrected chi connectivity index (χ0v) is 10.1. The van der Waals surface area contributed by atoms with Crippen molar-refractivity contribution in [2.45, 2.75) is 13.3 Å². The third-order valence-electron chi connectivity index (χ3n) is 2.12. The fraction of sp³-hybridized carbons (Fsp3) is 0.417. The second-order valence-corrected chi connectivity index (χ2v) is 4.44. The number of carbonyl (C=O) groups is 1. The molecule has 0 aliphatic rings. The Morgan fingerprint density at radius 3 is 2.60 bits per heavy atom. The van der Waals surface area contributed by atoms with Crippen molar-refractivity contribution in [2.24, 2.45) is 0 Å². The summed E-state index contributed by atoms with van der Waals surface area (Å²) in [6, 6.07) is 5.72. The van der Waals surface area contributed by atoms with E-state index in [2.05, 4.69) is 0 Å². The molecule has 1 aromatic carbocycles. The number of Topliss-reactive ketones (excluding diaryl/α,β-unsaturated/α-hetero) is 1. The molecule has 0 spiro atoms. The quantitative estimate of drug-likeness (QED) is 0.784. The van der Waals surface area contributed by atoms with E-state index in [4.69, 9.17) is 11.6 Å². The number of hydrogen-bond donors (Lipinski definition) is 0. The average molecular weight is 226 g/mol. The largest absolute Gasteiger partial charge is 0.302 e. The first-order valence-electron chi connectivity index (χ1n) is 4.90. The number of aryl methyl sites for hydroxylation is 1. The van der Waals surface area contributed by atoms with Crippen LogP contribution >= 0.6 is 11.6 Å². The molecule has 0 fully saturated rings. The van der Waals surface area contributed by atoms with Crippen molar-refractivity contribution in [2.75, 3.05) is 20.6 Å². The van der Waals surface area contributed by atoms with Crippen LogP contribution < -0.4 is 0 Å². The summed E-state index contributed by atoms with van der Waals surface area (Å²) in [6.45, 7) is 2.43. The SMILES string of the molecule is Cc1cc(CC(=O)CN(C)C)ccc1Cl. The molecule has 0 amide bonds. The molecule has 0 saturated carbocycles. The van der Waals surface area contributed by atoms with Gasteiger partial charge in [0.15, 0.2) is 5.78 Å². The van der Waals surface area contributed by atoms with Crippen LogP contribution in [0.15, 0.2) is 18.2 Å². The molecule has 82 valence electrons. The van der Waals surface area contributed by atoms with Crippen LogP contribution in [-0.4, -0.2) is 31.3 Å². The number of nitrogens with zero attached hydrogens (tertiary/aromatic N) is 1. The highest BCUT2D eigenvalue weighted by atomic mass is 35.5. The van der Waals surface area contributed by atoms with E-state index in [0.29, 0.717) is 13.0 Å². The highest BCUT2D eigenvalue weighted by Crippen LogP contribution is 2.16. The molecular weight excluding hydrogens is 210 g/mol. The molecule has 0 saturated heterocycles. The Morgan fingerprint density at radius 2 is 2.07 bits per heavy atom. The van der Waals surface area contributed by atoms with E-state index in [1.54, 1.807) is 0 Å². The second kappa shape index (κ2) is 5.29. The van der Waals surface area contributed by atoms with Crippen LogP contribution in [0.25, 0.3) is 0 Å². The molecule has 0 radical (unpaired) electrons. The standard InChI is InChI=1S/C12H16ClNO/c1-9-6-10(4-5-12(9)13)7-11(15)8-14(2)3/h4-6H,7-8H2,1-3H3. The Morgan fingerprint density at radius 1 is 1.40 bits per heavy atom. The summed E-state index contributed by atoms with van der Waals surface area (Å²) in [5, 5.41) is 0.749. The third-order valence-corrected chi connectivity index (χ3v) is 2.54. The van der Waals surface area contributed by atoms with E-state index in [0.717, 1.165) is 16.1 Å². The Labute approximate surface area is 95.8 Å². The van der Waals surface area contributed by atoms with Crippen molar-refractivity contribution in [1.29, 1.82) is 0 Å². The van der Waals surface area contributed by atoms with Gasteiger partial charge in [-0.1, -0.05) is 23.7 Å². The highest BCUT2D eigenvalue weighted by Gasteiger charge is 2.05. The number of hydrogen-bond acceptors (Lipinski definition) is 2. The molecule has 0 N–H and O–H groups in total. The first kappa shape index (κ1) is 12.2. The number of rotatable bonds is 4. The minimum absolute atomic E-state index is 0.224. The zero-order chi connectivity index (χ0) is 11.4. The first-order chi connectivity index (χ1) is 6.99. The van der Waals surface area contributed by atoms with Gasteiger partial charge in [0.05, 0.1) is 6.54 Å². The molecule has 0 aliphatic carbocycles. The molecule has 0 unspecified atom stereocenters. The van der Waals surface area contributed by atoms with Crippen molar-refractivity contribution < 1.29 is 4.79 Å². The van der Waals surface area contributed by atoms with E-state index >= 15 is 0 Å². The van der Waals surface area contributed by atoms with Gasteiger partial charge in [-0.3, -0.25) is 4.79 Å². The van der Waals surface area contributed by atoms with Gasteiger partial charge in [-0.15, -0.1) is 0 Å². The summed E-state index contributed by atoms with van der Waals surface area (Å²) in [7, 11) is 3.79. The molecule has 1 aromatic rings. The lowest BCUT2D eigenvalue weighted by atomic mass is 10.1. The molecule has 2 nitrogen and oxygen atoms in total. The van der Waals surface area contributed by atoms with Gasteiger partial charge in [0.25, 0.3) is 0 Å². The maximum absolute atomic E-state index is 11.5. The van der Waals surface area contributed by atoms with Crippen molar-refractivity contribution in [3.8, 4) is 0 Å². The predicted molar refractivity (Wildman–Crippen MR) is 63.5 cm³/mol. The predicted octanol–water partition coefficient (Wildman–Crippen LogP) is 2.32. The lowest BCUT2D eigenvalue weighted by Crippen LogP contribution is -2.22. The maximum atomic E-state index is 11.5. The maximum Gasteiger partial charge on any atom is 0.151 e. The van der Waals surface area contributed by atoms with E-state index in [1.807, 2.05) is 44.1 Å². The normalized spacial score (nSPS) is 10.7. The number of likely N-dealkylation sites (N-methyl/N-ethyl adjacent to an activating group) is 1. The van der Waals surface area contributed by atoms with E-state index in [-0.39, 0.29) is 5.78 Å². The van der Waals surface area contributed by atoms with Gasteiger partial charge < -0.3 is 4.90 Å². The zero-order valence-electron chi connectivity index (χ0n) is 9.38. The van der Waals surface area contributed by atoms with Gasteiger partial charge >= 0.3 is 0 Å². The number of halogens is 1. The van der Waals surface area contributed by atoms with Gasteiger partial charge in [0, 0.05) is 11.4 Å². The minimum atomic E-state index is 0.224.